The molecule has 0 radical (unpaired) electrons. The molecule has 25 heavy (non-hydrogen) atoms. The maximum Gasteiger partial charge on any atom is 0.142 e. The minimum Gasteiger partial charge on any atom is -0.494 e. The number of rotatable bonds is 4. The van der Waals surface area contributed by atoms with Crippen LogP contribution in [0.5, 0.6) is 5.75 Å². The number of nitriles is 1. The van der Waals surface area contributed by atoms with E-state index in [4.69, 9.17) is 10.5 Å². The van der Waals surface area contributed by atoms with Crippen molar-refractivity contribution in [3.63, 3.8) is 0 Å². The molecule has 124 valence electrons. The van der Waals surface area contributed by atoms with Gasteiger partial charge in [0.05, 0.1) is 12.3 Å². The Morgan fingerprint density at radius 2 is 1.88 bits per heavy atom. The number of aromatic nitrogens is 1. The second kappa shape index (κ2) is 7.37. The molecule has 0 spiro atoms. The van der Waals surface area contributed by atoms with E-state index in [1.165, 1.54) is 0 Å². The molecule has 0 unspecified atom stereocenters. The second-order valence-corrected chi connectivity index (χ2v) is 6.31. The highest BCUT2D eigenvalue weighted by Gasteiger charge is 2.13. The Morgan fingerprint density at radius 3 is 2.52 bits per heavy atom. The molecule has 2 N–H and O–H groups in total. The van der Waals surface area contributed by atoms with Crippen LogP contribution in [0.1, 0.15) is 12.5 Å². The summed E-state index contributed by atoms with van der Waals surface area (Å²) < 4.78 is 6.41. The molecule has 0 saturated carbocycles. The fourth-order valence-electron chi connectivity index (χ4n) is 2.60. The van der Waals surface area contributed by atoms with Crippen molar-refractivity contribution in [2.45, 2.75) is 6.92 Å². The van der Waals surface area contributed by atoms with E-state index in [1.54, 1.807) is 0 Å². The largest absolute Gasteiger partial charge is 0.494 e. The van der Waals surface area contributed by atoms with Crippen LogP contribution < -0.4 is 10.5 Å². The molecular formula is C20H16BrN3O. The highest BCUT2D eigenvalue weighted by molar-refractivity contribution is 9.10. The van der Waals surface area contributed by atoms with Gasteiger partial charge in [0.2, 0.25) is 0 Å². The summed E-state index contributed by atoms with van der Waals surface area (Å²) in [6.07, 6.45) is 0. The van der Waals surface area contributed by atoms with E-state index in [0.29, 0.717) is 12.2 Å². The second-order valence-electron chi connectivity index (χ2n) is 5.39. The van der Waals surface area contributed by atoms with Gasteiger partial charge in [0.1, 0.15) is 23.2 Å². The van der Waals surface area contributed by atoms with Crippen molar-refractivity contribution in [2.24, 2.45) is 0 Å². The van der Waals surface area contributed by atoms with Crippen LogP contribution in [0.25, 0.3) is 22.4 Å². The van der Waals surface area contributed by atoms with Crippen molar-refractivity contribution in [3.8, 4) is 34.2 Å². The smallest absolute Gasteiger partial charge is 0.142 e. The number of ether oxygens (including phenoxy) is 1. The number of nitrogens with two attached hydrogens (primary N) is 1. The van der Waals surface area contributed by atoms with E-state index in [2.05, 4.69) is 27.0 Å². The highest BCUT2D eigenvalue weighted by Crippen LogP contribution is 2.32. The Morgan fingerprint density at radius 1 is 1.12 bits per heavy atom. The van der Waals surface area contributed by atoms with Gasteiger partial charge in [0, 0.05) is 15.6 Å². The molecule has 0 aliphatic heterocycles. The van der Waals surface area contributed by atoms with Crippen molar-refractivity contribution in [3.05, 3.63) is 64.6 Å². The molecular weight excluding hydrogens is 378 g/mol. The zero-order valence-electron chi connectivity index (χ0n) is 13.7. The van der Waals surface area contributed by atoms with Crippen LogP contribution in [0, 0.1) is 11.3 Å². The summed E-state index contributed by atoms with van der Waals surface area (Å²) in [4.78, 5) is 4.40. The number of nitrogen functional groups attached to an aromatic ring is 1. The molecule has 3 aromatic rings. The van der Waals surface area contributed by atoms with Gasteiger partial charge < -0.3 is 10.5 Å². The van der Waals surface area contributed by atoms with E-state index in [9.17, 15) is 5.26 Å². The Bertz CT molecular complexity index is 946. The lowest BCUT2D eigenvalue weighted by atomic mass is 9.98. The first-order chi connectivity index (χ1) is 12.1. The number of benzene rings is 2. The molecule has 0 amide bonds. The van der Waals surface area contributed by atoms with Crippen LogP contribution in [-0.2, 0) is 0 Å². The van der Waals surface area contributed by atoms with Gasteiger partial charge in [-0.2, -0.15) is 5.26 Å². The van der Waals surface area contributed by atoms with Crippen LogP contribution in [0.2, 0.25) is 0 Å². The molecule has 1 heterocycles. The third kappa shape index (κ3) is 3.65. The minimum atomic E-state index is 0.226. The lowest BCUT2D eigenvalue weighted by molar-refractivity contribution is 0.340. The number of hydrogen-bond donors (Lipinski definition) is 1. The van der Waals surface area contributed by atoms with Crippen molar-refractivity contribution in [2.75, 3.05) is 12.3 Å². The first-order valence-corrected chi connectivity index (χ1v) is 8.61. The average molecular weight is 394 g/mol. The monoisotopic (exact) mass is 393 g/mol. The van der Waals surface area contributed by atoms with Crippen LogP contribution in [0.15, 0.2) is 59.1 Å². The fraction of sp³-hybridized carbons (Fsp3) is 0.100. The molecule has 0 fully saturated rings. The predicted octanol–water partition coefficient (Wildman–Crippen LogP) is 5.03. The number of anilines is 1. The molecule has 5 heteroatoms. The average Bonchev–Trinajstić information content (AvgIpc) is 2.62. The molecule has 3 rings (SSSR count). The lowest BCUT2D eigenvalue weighted by Gasteiger charge is -2.11. The summed E-state index contributed by atoms with van der Waals surface area (Å²) in [7, 11) is 0. The number of hydrogen-bond acceptors (Lipinski definition) is 4. The van der Waals surface area contributed by atoms with Crippen molar-refractivity contribution >= 4 is 21.7 Å². The third-order valence-electron chi connectivity index (χ3n) is 3.76. The van der Waals surface area contributed by atoms with Crippen LogP contribution >= 0.6 is 15.9 Å². The first-order valence-electron chi connectivity index (χ1n) is 7.82. The molecule has 4 nitrogen and oxygen atoms in total. The summed E-state index contributed by atoms with van der Waals surface area (Å²) in [6, 6.07) is 19.5. The quantitative estimate of drug-likeness (QED) is 0.674. The zero-order valence-corrected chi connectivity index (χ0v) is 15.2. The summed E-state index contributed by atoms with van der Waals surface area (Å²) in [5.74, 6) is 1.03. The normalized spacial score (nSPS) is 10.3. The summed E-state index contributed by atoms with van der Waals surface area (Å²) in [5, 5.41) is 9.49. The van der Waals surface area contributed by atoms with E-state index in [1.807, 2.05) is 61.5 Å². The maximum absolute atomic E-state index is 9.49. The Hall–Kier alpha value is -2.84. The van der Waals surface area contributed by atoms with Gasteiger partial charge in [0.15, 0.2) is 0 Å². The maximum atomic E-state index is 9.49. The van der Waals surface area contributed by atoms with E-state index >= 15 is 0 Å². The Labute approximate surface area is 155 Å². The van der Waals surface area contributed by atoms with Crippen molar-refractivity contribution < 1.29 is 4.74 Å². The Balaban J connectivity index is 2.12. The van der Waals surface area contributed by atoms with Gasteiger partial charge in [0.25, 0.3) is 0 Å². The standard InChI is InChI=1S/C20H16BrN3O/c1-2-25-16-8-6-13(7-9-16)19-11-17(18(12-22)20(23)24-19)14-4-3-5-15(21)10-14/h3-11H,2H2,1H3,(H2,23,24). The lowest BCUT2D eigenvalue weighted by Crippen LogP contribution is -2.00. The molecule has 0 bridgehead atoms. The Kier molecular flexibility index (Phi) is 5.01. The van der Waals surface area contributed by atoms with Crippen molar-refractivity contribution in [1.29, 1.82) is 5.26 Å². The third-order valence-corrected chi connectivity index (χ3v) is 4.25. The molecule has 0 atom stereocenters. The van der Waals surface area contributed by atoms with E-state index < -0.39 is 0 Å². The van der Waals surface area contributed by atoms with Crippen LogP contribution in [0.3, 0.4) is 0 Å². The minimum absolute atomic E-state index is 0.226. The van der Waals surface area contributed by atoms with Gasteiger partial charge in [-0.3, -0.25) is 0 Å². The molecule has 2 aromatic carbocycles. The predicted molar refractivity (Wildman–Crippen MR) is 103 cm³/mol. The zero-order chi connectivity index (χ0) is 17.8. The van der Waals surface area contributed by atoms with Gasteiger partial charge in [-0.05, 0) is 55.0 Å². The van der Waals surface area contributed by atoms with Crippen LogP contribution in [-0.4, -0.2) is 11.6 Å². The topological polar surface area (TPSA) is 71.9 Å². The number of halogens is 1. The number of nitrogens with zero attached hydrogens (tertiary/aromatic N) is 2. The fourth-order valence-corrected chi connectivity index (χ4v) is 3.00. The number of pyridine rings is 1. The summed E-state index contributed by atoms with van der Waals surface area (Å²) >= 11 is 3.47. The SMILES string of the molecule is CCOc1ccc(-c2cc(-c3cccc(Br)c3)c(C#N)c(N)n2)cc1. The first kappa shape index (κ1) is 17.0. The van der Waals surface area contributed by atoms with Gasteiger partial charge in [-0.15, -0.1) is 0 Å². The van der Waals surface area contributed by atoms with Gasteiger partial charge in [-0.1, -0.05) is 28.1 Å². The summed E-state index contributed by atoms with van der Waals surface area (Å²) in [6.45, 7) is 2.56. The molecule has 0 aliphatic rings. The van der Waals surface area contributed by atoms with E-state index in [0.717, 1.165) is 32.6 Å². The van der Waals surface area contributed by atoms with E-state index in [-0.39, 0.29) is 5.82 Å². The molecule has 1 aromatic heterocycles. The van der Waals surface area contributed by atoms with Gasteiger partial charge in [-0.25, -0.2) is 4.98 Å². The molecule has 0 saturated heterocycles. The van der Waals surface area contributed by atoms with Crippen LogP contribution in [0.4, 0.5) is 5.82 Å². The highest BCUT2D eigenvalue weighted by atomic mass is 79.9. The molecule has 0 aliphatic carbocycles. The van der Waals surface area contributed by atoms with Gasteiger partial charge >= 0.3 is 0 Å². The summed E-state index contributed by atoms with van der Waals surface area (Å²) in [5.41, 5.74) is 9.74. The van der Waals surface area contributed by atoms with Crippen molar-refractivity contribution in [1.82, 2.24) is 4.98 Å².